The van der Waals surface area contributed by atoms with Crippen LogP contribution in [0.15, 0.2) is 85.1 Å². The zero-order valence-corrected chi connectivity index (χ0v) is 17.9. The predicted molar refractivity (Wildman–Crippen MR) is 125 cm³/mol. The first-order valence-electron chi connectivity index (χ1n) is 10.2. The summed E-state index contributed by atoms with van der Waals surface area (Å²) in [5.41, 5.74) is 8.06. The van der Waals surface area contributed by atoms with Crippen molar-refractivity contribution in [3.63, 3.8) is 0 Å². The van der Waals surface area contributed by atoms with E-state index in [4.69, 9.17) is 15.2 Å². The van der Waals surface area contributed by atoms with Crippen molar-refractivity contribution in [2.75, 3.05) is 19.0 Å². The molecule has 3 aromatic carbocycles. The summed E-state index contributed by atoms with van der Waals surface area (Å²) in [5.74, 6) is 0.190. The molecule has 8 nitrogen and oxygen atoms in total. The molecule has 0 radical (unpaired) electrons. The zero-order valence-electron chi connectivity index (χ0n) is 17.9. The van der Waals surface area contributed by atoms with Crippen LogP contribution < -0.4 is 20.5 Å². The molecule has 0 fully saturated rings. The van der Waals surface area contributed by atoms with Gasteiger partial charge in [-0.1, -0.05) is 30.3 Å². The molecule has 0 bridgehead atoms. The second-order valence-corrected chi connectivity index (χ2v) is 7.11. The van der Waals surface area contributed by atoms with Gasteiger partial charge in [-0.25, -0.2) is 4.68 Å². The number of nitrogens with one attached hydrogen (secondary N) is 1. The number of nitrogens with two attached hydrogens (primary N) is 1. The van der Waals surface area contributed by atoms with Crippen molar-refractivity contribution in [2.24, 2.45) is 5.73 Å². The van der Waals surface area contributed by atoms with E-state index in [1.807, 2.05) is 54.6 Å². The Kier molecular flexibility index (Phi) is 6.36. The van der Waals surface area contributed by atoms with Gasteiger partial charge in [0, 0.05) is 17.4 Å². The number of nitrogens with zero attached hydrogens (tertiary/aromatic N) is 2. The van der Waals surface area contributed by atoms with E-state index >= 15 is 0 Å². The third kappa shape index (κ3) is 5.01. The fraction of sp³-hybridized carbons (Fsp3) is 0.0800. The molecule has 33 heavy (non-hydrogen) atoms. The molecule has 8 heteroatoms. The average Bonchev–Trinajstić information content (AvgIpc) is 3.29. The molecule has 0 spiro atoms. The van der Waals surface area contributed by atoms with Gasteiger partial charge in [0.2, 0.25) is 0 Å². The minimum Gasteiger partial charge on any atom is -0.496 e. The number of ether oxygens (including phenoxy) is 2. The molecule has 0 saturated carbocycles. The number of hydrogen-bond acceptors (Lipinski definition) is 5. The average molecular weight is 442 g/mol. The number of amides is 2. The van der Waals surface area contributed by atoms with Crippen molar-refractivity contribution in [3.05, 3.63) is 90.6 Å². The summed E-state index contributed by atoms with van der Waals surface area (Å²) in [6, 6.07) is 23.6. The van der Waals surface area contributed by atoms with Crippen LogP contribution in [0.2, 0.25) is 0 Å². The molecule has 0 atom stereocenters. The normalized spacial score (nSPS) is 10.5. The predicted octanol–water partition coefficient (Wildman–Crippen LogP) is 3.66. The number of methoxy groups -OCH3 is 1. The smallest absolute Gasteiger partial charge is 0.259 e. The summed E-state index contributed by atoms with van der Waals surface area (Å²) in [7, 11) is 1.58. The lowest BCUT2D eigenvalue weighted by Gasteiger charge is -2.09. The molecule has 0 aliphatic rings. The summed E-state index contributed by atoms with van der Waals surface area (Å²) < 4.78 is 12.4. The first-order chi connectivity index (χ1) is 16.0. The second kappa shape index (κ2) is 9.69. The van der Waals surface area contributed by atoms with Gasteiger partial charge in [-0.2, -0.15) is 5.10 Å². The van der Waals surface area contributed by atoms with E-state index in [1.54, 1.807) is 42.3 Å². The summed E-state index contributed by atoms with van der Waals surface area (Å²) >= 11 is 0. The Morgan fingerprint density at radius 2 is 1.67 bits per heavy atom. The topological polar surface area (TPSA) is 108 Å². The molecule has 0 aliphatic carbocycles. The fourth-order valence-electron chi connectivity index (χ4n) is 3.28. The second-order valence-electron chi connectivity index (χ2n) is 7.11. The Labute approximate surface area is 190 Å². The van der Waals surface area contributed by atoms with Gasteiger partial charge < -0.3 is 20.5 Å². The zero-order chi connectivity index (χ0) is 23.2. The molecule has 4 aromatic rings. The van der Waals surface area contributed by atoms with E-state index in [0.717, 1.165) is 5.69 Å². The van der Waals surface area contributed by atoms with Crippen LogP contribution in [0.1, 0.15) is 10.4 Å². The Hall–Kier alpha value is -4.59. The van der Waals surface area contributed by atoms with Crippen molar-refractivity contribution in [1.29, 1.82) is 0 Å². The lowest BCUT2D eigenvalue weighted by Crippen LogP contribution is -2.20. The van der Waals surface area contributed by atoms with Gasteiger partial charge in [-0.15, -0.1) is 0 Å². The van der Waals surface area contributed by atoms with E-state index in [2.05, 4.69) is 10.4 Å². The molecular weight excluding hydrogens is 420 g/mol. The Morgan fingerprint density at radius 1 is 0.970 bits per heavy atom. The molecule has 0 aliphatic heterocycles. The van der Waals surface area contributed by atoms with Crippen LogP contribution in [0.4, 0.5) is 5.69 Å². The van der Waals surface area contributed by atoms with E-state index < -0.39 is 5.91 Å². The lowest BCUT2D eigenvalue weighted by molar-refractivity contribution is -0.119. The lowest BCUT2D eigenvalue weighted by atomic mass is 10.1. The van der Waals surface area contributed by atoms with Gasteiger partial charge in [0.1, 0.15) is 17.2 Å². The quantitative estimate of drug-likeness (QED) is 0.433. The first-order valence-corrected chi connectivity index (χ1v) is 10.2. The maximum Gasteiger partial charge on any atom is 0.259 e. The van der Waals surface area contributed by atoms with Gasteiger partial charge in [-0.05, 0) is 48.5 Å². The number of primary amides is 1. The molecule has 1 aromatic heterocycles. The van der Waals surface area contributed by atoms with Crippen molar-refractivity contribution >= 4 is 17.5 Å². The van der Waals surface area contributed by atoms with Gasteiger partial charge >= 0.3 is 0 Å². The highest BCUT2D eigenvalue weighted by Crippen LogP contribution is 2.32. The molecular formula is C25H22N4O4. The Morgan fingerprint density at radius 3 is 2.36 bits per heavy atom. The van der Waals surface area contributed by atoms with Gasteiger partial charge in [-0.3, -0.25) is 9.59 Å². The van der Waals surface area contributed by atoms with E-state index in [1.165, 1.54) is 0 Å². The van der Waals surface area contributed by atoms with Crippen LogP contribution in [0.25, 0.3) is 16.9 Å². The van der Waals surface area contributed by atoms with E-state index in [9.17, 15) is 9.59 Å². The monoisotopic (exact) mass is 442 g/mol. The van der Waals surface area contributed by atoms with Crippen molar-refractivity contribution in [3.8, 4) is 28.4 Å². The minimum absolute atomic E-state index is 0.216. The number of hydrogen-bond donors (Lipinski definition) is 2. The molecule has 0 saturated heterocycles. The maximum atomic E-state index is 13.3. The molecule has 3 N–H and O–H groups in total. The summed E-state index contributed by atoms with van der Waals surface area (Å²) in [6.07, 6.45) is 1.69. The van der Waals surface area contributed by atoms with Crippen LogP contribution >= 0.6 is 0 Å². The van der Waals surface area contributed by atoms with Gasteiger partial charge in [0.15, 0.2) is 6.61 Å². The van der Waals surface area contributed by atoms with Gasteiger partial charge in [0.25, 0.3) is 11.8 Å². The highest BCUT2D eigenvalue weighted by atomic mass is 16.5. The van der Waals surface area contributed by atoms with Gasteiger partial charge in [0.05, 0.1) is 18.4 Å². The first kappa shape index (κ1) is 21.6. The van der Waals surface area contributed by atoms with Crippen LogP contribution in [-0.2, 0) is 4.79 Å². The number of carbonyl (C=O) groups is 2. The largest absolute Gasteiger partial charge is 0.496 e. The Bertz CT molecular complexity index is 1270. The number of carbonyl (C=O) groups excluding carboxylic acids is 2. The SMILES string of the molecule is COc1ccccc1-c1nn(-c2ccccc2)cc1C(=O)Nc1ccc(OCC(N)=O)cc1. The van der Waals surface area contributed by atoms with E-state index in [-0.39, 0.29) is 12.5 Å². The maximum absolute atomic E-state index is 13.3. The molecule has 4 rings (SSSR count). The molecule has 2 amide bonds. The van der Waals surface area contributed by atoms with Crippen LogP contribution in [-0.4, -0.2) is 35.3 Å². The van der Waals surface area contributed by atoms with Crippen LogP contribution in [0, 0.1) is 0 Å². The highest BCUT2D eigenvalue weighted by molar-refractivity contribution is 6.08. The van der Waals surface area contributed by atoms with Crippen molar-refractivity contribution in [2.45, 2.75) is 0 Å². The van der Waals surface area contributed by atoms with Crippen molar-refractivity contribution in [1.82, 2.24) is 9.78 Å². The van der Waals surface area contributed by atoms with Crippen LogP contribution in [0.3, 0.4) is 0 Å². The third-order valence-electron chi connectivity index (χ3n) is 4.83. The standard InChI is InChI=1S/C25H22N4O4/c1-32-22-10-6-5-9-20(22)24-21(15-29(28-24)18-7-3-2-4-8-18)25(31)27-17-11-13-19(14-12-17)33-16-23(26)30/h2-15H,16H2,1H3,(H2,26,30)(H,27,31). The van der Waals surface area contributed by atoms with Crippen molar-refractivity contribution < 1.29 is 19.1 Å². The summed E-state index contributed by atoms with van der Waals surface area (Å²) in [5, 5.41) is 7.57. The molecule has 166 valence electrons. The number of para-hydroxylation sites is 2. The number of rotatable bonds is 8. The number of anilines is 1. The molecule has 0 unspecified atom stereocenters. The Balaban J connectivity index is 1.66. The minimum atomic E-state index is -0.563. The number of aromatic nitrogens is 2. The number of benzene rings is 3. The molecule has 1 heterocycles. The van der Waals surface area contributed by atoms with E-state index in [0.29, 0.717) is 34.0 Å². The van der Waals surface area contributed by atoms with Crippen LogP contribution in [0.5, 0.6) is 11.5 Å². The summed E-state index contributed by atoms with van der Waals surface area (Å²) in [6.45, 7) is -0.216. The summed E-state index contributed by atoms with van der Waals surface area (Å²) in [4.78, 5) is 24.1. The fourth-order valence-corrected chi connectivity index (χ4v) is 3.28. The third-order valence-corrected chi connectivity index (χ3v) is 4.83. The highest BCUT2D eigenvalue weighted by Gasteiger charge is 2.21.